The molecule has 0 fully saturated rings. The van der Waals surface area contributed by atoms with Gasteiger partial charge in [0.2, 0.25) is 0 Å². The molecular weight excluding hydrogens is 723 g/mol. The number of halogens is 1. The second kappa shape index (κ2) is 13.2. The number of nitrogens with zero attached hydrogens (tertiary/aromatic N) is 4. The van der Waals surface area contributed by atoms with E-state index in [0.717, 1.165) is 38.7 Å². The molecule has 0 spiro atoms. The van der Waals surface area contributed by atoms with E-state index in [1.165, 1.54) is 28.6 Å². The Labute approximate surface area is 300 Å². The zero-order chi connectivity index (χ0) is 33.3. The molecule has 236 valence electrons. The van der Waals surface area contributed by atoms with Crippen LogP contribution in [0.1, 0.15) is 5.56 Å². The largest absolute Gasteiger partial charge is 0.255 e. The summed E-state index contributed by atoms with van der Waals surface area (Å²) in [5.74, 6) is 1.94. The number of fused-ring (bicyclic) bond motifs is 2. The average Bonchev–Trinajstić information content (AvgIpc) is 3.21. The summed E-state index contributed by atoms with van der Waals surface area (Å²) in [4.78, 5) is 19.7. The van der Waals surface area contributed by atoms with Crippen molar-refractivity contribution in [3.8, 4) is 56.4 Å². The Balaban J connectivity index is 1.09. The zero-order valence-corrected chi connectivity index (χ0v) is 29.1. The molecule has 0 atom stereocenters. The molecule has 8 aromatic rings. The molecule has 1 aliphatic heterocycles. The van der Waals surface area contributed by atoms with E-state index in [2.05, 4.69) is 140 Å². The fourth-order valence-electron chi connectivity index (χ4n) is 6.32. The molecule has 0 saturated heterocycles. The number of hydrogen-bond donors (Lipinski definition) is 0. The highest BCUT2D eigenvalue weighted by atomic mass is 127. The van der Waals surface area contributed by atoms with Gasteiger partial charge in [-0.2, -0.15) is 0 Å². The fraction of sp³-hybridized carbons (Fsp3) is 0. The molecule has 50 heavy (non-hydrogen) atoms. The predicted octanol–water partition coefficient (Wildman–Crippen LogP) is 11.2. The maximum Gasteiger partial charge on any atom is 0.164 e. The first-order valence-corrected chi connectivity index (χ1v) is 18.7. The van der Waals surface area contributed by atoms with Gasteiger partial charge in [0.05, 0.1) is 5.36 Å². The van der Waals surface area contributed by atoms with E-state index in [1.807, 2.05) is 36.4 Å². The van der Waals surface area contributed by atoms with Crippen LogP contribution >= 0.6 is 20.7 Å². The van der Waals surface area contributed by atoms with Gasteiger partial charge in [-0.05, 0) is 62.9 Å². The molecule has 1 aliphatic rings. The number of aromatic nitrogens is 3. The van der Waals surface area contributed by atoms with Crippen LogP contribution in [0.5, 0.6) is 0 Å². The third-order valence-corrected chi connectivity index (χ3v) is 11.8. The molecule has 9 rings (SSSR count). The van der Waals surface area contributed by atoms with Gasteiger partial charge in [-0.3, -0.25) is 4.99 Å². The fourth-order valence-corrected chi connectivity index (χ4v) is 8.97. The van der Waals surface area contributed by atoms with Crippen molar-refractivity contribution in [3.63, 3.8) is 0 Å². The highest BCUT2D eigenvalue weighted by Crippen LogP contribution is 2.37. The number of hydrogen-bond acceptors (Lipinski definition) is 4. The highest BCUT2D eigenvalue weighted by molar-refractivity contribution is 14.2. The van der Waals surface area contributed by atoms with Gasteiger partial charge in [0.15, 0.2) is 17.5 Å². The summed E-state index contributed by atoms with van der Waals surface area (Å²) in [5.41, 5.74) is 8.69. The first-order chi connectivity index (χ1) is 24.7. The Kier molecular flexibility index (Phi) is 7.95. The molecule has 4 nitrogen and oxygen atoms in total. The van der Waals surface area contributed by atoms with Crippen LogP contribution in [0.15, 0.2) is 181 Å². The van der Waals surface area contributed by atoms with Crippen LogP contribution in [0.2, 0.25) is 0 Å². The van der Waals surface area contributed by atoms with Crippen molar-refractivity contribution < 1.29 is 0 Å². The first-order valence-electron chi connectivity index (χ1n) is 16.5. The summed E-state index contributed by atoms with van der Waals surface area (Å²) >= 11 is -0.312. The van der Waals surface area contributed by atoms with Gasteiger partial charge in [0.25, 0.3) is 0 Å². The maximum absolute atomic E-state index is 5.03. The molecule has 0 N–H and O–H groups in total. The van der Waals surface area contributed by atoms with Crippen molar-refractivity contribution in [1.82, 2.24) is 15.0 Å². The van der Waals surface area contributed by atoms with Crippen LogP contribution in [-0.4, -0.2) is 15.0 Å². The Bertz CT molecular complexity index is 2690. The minimum Gasteiger partial charge on any atom is -0.255 e. The monoisotopic (exact) mass is 752 g/mol. The molecule has 1 aromatic heterocycles. The van der Waals surface area contributed by atoms with E-state index in [4.69, 9.17) is 19.9 Å². The molecule has 0 amide bonds. The molecule has 0 saturated carbocycles. The van der Waals surface area contributed by atoms with Crippen LogP contribution in [0.25, 0.3) is 70.8 Å². The lowest BCUT2D eigenvalue weighted by Gasteiger charge is -2.12. The van der Waals surface area contributed by atoms with Crippen molar-refractivity contribution in [2.24, 2.45) is 4.99 Å². The number of rotatable bonds is 6. The minimum atomic E-state index is -0.312. The first kappa shape index (κ1) is 30.2. The van der Waals surface area contributed by atoms with Gasteiger partial charge in [-0.15, -0.1) is 0 Å². The molecule has 0 bridgehead atoms. The van der Waals surface area contributed by atoms with E-state index in [1.54, 1.807) is 0 Å². The summed E-state index contributed by atoms with van der Waals surface area (Å²) in [7, 11) is 0. The lowest BCUT2D eigenvalue weighted by molar-refractivity contribution is 1.07. The van der Waals surface area contributed by atoms with Gasteiger partial charge in [-0.25, -0.2) is 15.0 Å². The molecule has 0 unspecified atom stereocenters. The van der Waals surface area contributed by atoms with Crippen LogP contribution in [0.4, 0.5) is 0 Å². The molecule has 0 radical (unpaired) electrons. The summed E-state index contributed by atoms with van der Waals surface area (Å²) in [5, 5.41) is 3.57. The predicted molar refractivity (Wildman–Crippen MR) is 213 cm³/mol. The van der Waals surface area contributed by atoms with Gasteiger partial charge >= 0.3 is 0 Å². The van der Waals surface area contributed by atoms with Crippen LogP contribution in [0.3, 0.4) is 0 Å². The Hall–Kier alpha value is -5.92. The van der Waals surface area contributed by atoms with E-state index < -0.39 is 0 Å². The standard InChI is InChI=1S/C45H29IN4/c1-3-11-30(12-4-1)31-21-23-33(24-22-31)44-48-43(32-13-5-2-6-14-32)49-45(50-44)37-17-9-15-34(28-37)35-25-26-38-36(27-35)16-10-18-39(38)41-29-47-42-20-8-7-19-40(42)46-41/h1-29H. The van der Waals surface area contributed by atoms with Crippen LogP contribution < -0.4 is 5.36 Å². The van der Waals surface area contributed by atoms with E-state index in [9.17, 15) is 0 Å². The summed E-state index contributed by atoms with van der Waals surface area (Å²) in [6.07, 6.45) is 2.08. The molecule has 0 aliphatic carbocycles. The van der Waals surface area contributed by atoms with Crippen LogP contribution in [0, 0.1) is 3.15 Å². The summed E-state index contributed by atoms with van der Waals surface area (Å²) < 4.78 is 2.72. The highest BCUT2D eigenvalue weighted by Gasteiger charge is 2.14. The Morgan fingerprint density at radius 3 is 1.70 bits per heavy atom. The van der Waals surface area contributed by atoms with E-state index in [-0.39, 0.29) is 20.7 Å². The topological polar surface area (TPSA) is 51.0 Å². The van der Waals surface area contributed by atoms with Gasteiger partial charge in [0.1, 0.15) is 0 Å². The minimum absolute atomic E-state index is 0.312. The Morgan fingerprint density at radius 1 is 0.380 bits per heavy atom. The number of para-hydroxylation sites is 1. The Morgan fingerprint density at radius 2 is 0.920 bits per heavy atom. The normalized spacial score (nSPS) is 12.2. The van der Waals surface area contributed by atoms with Crippen molar-refractivity contribution in [3.05, 3.63) is 190 Å². The second-order valence-corrected chi connectivity index (χ2v) is 15.0. The van der Waals surface area contributed by atoms with Crippen molar-refractivity contribution in [1.29, 1.82) is 0 Å². The SMILES string of the molecule is C1=C(c2cccc3cc(-c4cccc(-c5nc(-c6ccccc6)nc(-c6ccc(-c7ccccc7)cc6)n5)c4)ccc23)I=c2ccccc2=N1. The molecule has 2 heterocycles. The average molecular weight is 753 g/mol. The molecule has 7 aromatic carbocycles. The second-order valence-electron chi connectivity index (χ2n) is 12.1. The number of benzene rings is 7. The summed E-state index contributed by atoms with van der Waals surface area (Å²) in [6.45, 7) is 0. The van der Waals surface area contributed by atoms with E-state index in [0.29, 0.717) is 17.5 Å². The molecular formula is C45H29IN4. The van der Waals surface area contributed by atoms with Crippen LogP contribution in [-0.2, 0) is 0 Å². The van der Waals surface area contributed by atoms with Gasteiger partial charge in [-0.1, -0.05) is 166 Å². The third kappa shape index (κ3) is 5.97. The van der Waals surface area contributed by atoms with Crippen molar-refractivity contribution in [2.75, 3.05) is 0 Å². The van der Waals surface area contributed by atoms with Crippen molar-refractivity contribution in [2.45, 2.75) is 0 Å². The third-order valence-electron chi connectivity index (χ3n) is 8.88. The van der Waals surface area contributed by atoms with E-state index >= 15 is 0 Å². The smallest absolute Gasteiger partial charge is 0.164 e. The quantitative estimate of drug-likeness (QED) is 0.159. The van der Waals surface area contributed by atoms with Gasteiger partial charge in [0, 0.05) is 29.6 Å². The van der Waals surface area contributed by atoms with Gasteiger partial charge < -0.3 is 0 Å². The zero-order valence-electron chi connectivity index (χ0n) is 26.9. The maximum atomic E-state index is 5.03. The molecule has 5 heteroatoms. The van der Waals surface area contributed by atoms with Crippen molar-refractivity contribution >= 4 is 35.1 Å². The lowest BCUT2D eigenvalue weighted by atomic mass is 9.97. The summed E-state index contributed by atoms with van der Waals surface area (Å²) in [6, 6.07) is 59.3. The lowest BCUT2D eigenvalue weighted by Crippen LogP contribution is -2.02.